The molecular formula is C21H27Cl2N3. The van der Waals surface area contributed by atoms with Crippen LogP contribution in [0.5, 0.6) is 0 Å². The van der Waals surface area contributed by atoms with Crippen LogP contribution in [0.2, 0.25) is 10.0 Å². The molecule has 0 radical (unpaired) electrons. The van der Waals surface area contributed by atoms with Crippen molar-refractivity contribution in [1.29, 1.82) is 0 Å². The average Bonchev–Trinajstić information content (AvgIpc) is 2.77. The smallest absolute Gasteiger partial charge is 0.0620 e. The molecule has 1 unspecified atom stereocenters. The molecule has 1 atom stereocenters. The van der Waals surface area contributed by atoms with Gasteiger partial charge in [-0.3, -0.25) is 4.90 Å². The minimum absolute atomic E-state index is 0.373. The van der Waals surface area contributed by atoms with E-state index >= 15 is 0 Å². The van der Waals surface area contributed by atoms with Crippen molar-refractivity contribution in [3.8, 4) is 0 Å². The number of anilines is 2. The summed E-state index contributed by atoms with van der Waals surface area (Å²) in [7, 11) is 0. The summed E-state index contributed by atoms with van der Waals surface area (Å²) < 4.78 is 0. The summed E-state index contributed by atoms with van der Waals surface area (Å²) in [5.74, 6) is 0.678. The summed E-state index contributed by atoms with van der Waals surface area (Å²) in [6.07, 6.45) is 2.10. The second-order valence-corrected chi connectivity index (χ2v) is 8.34. The van der Waals surface area contributed by atoms with Crippen LogP contribution in [0.15, 0.2) is 36.4 Å². The number of nitrogens with one attached hydrogen (secondary N) is 1. The Bertz CT molecular complexity index is 761. The van der Waals surface area contributed by atoms with E-state index in [4.69, 9.17) is 28.9 Å². The summed E-state index contributed by atoms with van der Waals surface area (Å²) in [6, 6.07) is 12.5. The first-order chi connectivity index (χ1) is 12.4. The lowest BCUT2D eigenvalue weighted by Gasteiger charge is -2.30. The molecule has 0 amide bonds. The van der Waals surface area contributed by atoms with Crippen LogP contribution in [0.3, 0.4) is 0 Å². The van der Waals surface area contributed by atoms with Gasteiger partial charge in [-0.25, -0.2) is 0 Å². The van der Waals surface area contributed by atoms with Crippen molar-refractivity contribution >= 4 is 34.6 Å². The minimum atomic E-state index is 0.373. The van der Waals surface area contributed by atoms with Gasteiger partial charge in [0, 0.05) is 19.1 Å². The molecule has 140 valence electrons. The minimum Gasteiger partial charge on any atom is -0.397 e. The number of fused-ring (bicyclic) bond motifs is 1. The number of benzene rings is 2. The van der Waals surface area contributed by atoms with Crippen molar-refractivity contribution in [3.05, 3.63) is 57.6 Å². The molecule has 1 aliphatic heterocycles. The van der Waals surface area contributed by atoms with Gasteiger partial charge in [-0.2, -0.15) is 0 Å². The molecule has 0 bridgehead atoms. The highest BCUT2D eigenvalue weighted by atomic mass is 35.5. The molecule has 26 heavy (non-hydrogen) atoms. The maximum atomic E-state index is 6.22. The molecule has 1 aliphatic rings. The number of rotatable bonds is 5. The van der Waals surface area contributed by atoms with Gasteiger partial charge in [-0.1, -0.05) is 55.2 Å². The molecule has 1 heterocycles. The molecule has 3 nitrogen and oxygen atoms in total. The number of nitrogens with two attached hydrogens (primary N) is 1. The van der Waals surface area contributed by atoms with Crippen molar-refractivity contribution in [3.63, 3.8) is 0 Å². The Balaban J connectivity index is 1.83. The Hall–Kier alpha value is -1.42. The van der Waals surface area contributed by atoms with Gasteiger partial charge in [0.05, 0.1) is 21.4 Å². The van der Waals surface area contributed by atoms with E-state index in [2.05, 4.69) is 36.2 Å². The average molecular weight is 392 g/mol. The zero-order valence-corrected chi connectivity index (χ0v) is 16.9. The fourth-order valence-corrected chi connectivity index (χ4v) is 3.81. The van der Waals surface area contributed by atoms with Crippen LogP contribution in [0, 0.1) is 5.92 Å². The SMILES string of the molecule is CC(C)CCN1Cc2cccc(N)c2NCC1Cc1ccc(Cl)c(Cl)c1. The maximum Gasteiger partial charge on any atom is 0.0620 e. The second kappa shape index (κ2) is 8.51. The number of para-hydroxylation sites is 1. The first-order valence-corrected chi connectivity index (χ1v) is 9.99. The van der Waals surface area contributed by atoms with Crippen molar-refractivity contribution in [2.75, 3.05) is 24.1 Å². The molecule has 0 fully saturated rings. The first-order valence-electron chi connectivity index (χ1n) is 9.23. The fourth-order valence-electron chi connectivity index (χ4n) is 3.49. The van der Waals surface area contributed by atoms with Gasteiger partial charge in [0.2, 0.25) is 0 Å². The third-order valence-electron chi connectivity index (χ3n) is 5.04. The van der Waals surface area contributed by atoms with Crippen LogP contribution in [0.25, 0.3) is 0 Å². The van der Waals surface area contributed by atoms with Gasteiger partial charge in [0.15, 0.2) is 0 Å². The van der Waals surface area contributed by atoms with Crippen LogP contribution < -0.4 is 11.1 Å². The second-order valence-electron chi connectivity index (χ2n) is 7.52. The molecule has 3 rings (SSSR count). The number of nitrogen functional groups attached to an aromatic ring is 1. The molecule has 2 aromatic rings. The lowest BCUT2D eigenvalue weighted by molar-refractivity contribution is 0.187. The largest absolute Gasteiger partial charge is 0.397 e. The van der Waals surface area contributed by atoms with Crippen molar-refractivity contribution in [2.45, 2.75) is 39.3 Å². The van der Waals surface area contributed by atoms with E-state index in [1.54, 1.807) is 0 Å². The van der Waals surface area contributed by atoms with E-state index in [1.165, 1.54) is 17.5 Å². The number of hydrogen-bond acceptors (Lipinski definition) is 3. The summed E-state index contributed by atoms with van der Waals surface area (Å²) in [6.45, 7) is 7.39. The van der Waals surface area contributed by atoms with Crippen LogP contribution in [-0.4, -0.2) is 24.0 Å². The van der Waals surface area contributed by atoms with Crippen molar-refractivity contribution in [1.82, 2.24) is 4.90 Å². The molecule has 0 saturated heterocycles. The maximum absolute atomic E-state index is 6.22. The van der Waals surface area contributed by atoms with Crippen LogP contribution in [0.4, 0.5) is 11.4 Å². The molecule has 5 heteroatoms. The van der Waals surface area contributed by atoms with Crippen molar-refractivity contribution in [2.24, 2.45) is 5.92 Å². The van der Waals surface area contributed by atoms with E-state index in [-0.39, 0.29) is 0 Å². The third kappa shape index (κ3) is 4.64. The van der Waals surface area contributed by atoms with E-state index in [0.29, 0.717) is 22.0 Å². The molecule has 0 aromatic heterocycles. The predicted molar refractivity (Wildman–Crippen MR) is 113 cm³/mol. The zero-order chi connectivity index (χ0) is 18.7. The summed E-state index contributed by atoms with van der Waals surface area (Å²) in [5, 5.41) is 4.80. The van der Waals surface area contributed by atoms with E-state index < -0.39 is 0 Å². The topological polar surface area (TPSA) is 41.3 Å². The monoisotopic (exact) mass is 391 g/mol. The highest BCUT2D eigenvalue weighted by molar-refractivity contribution is 6.42. The highest BCUT2D eigenvalue weighted by Crippen LogP contribution is 2.30. The Morgan fingerprint density at radius 1 is 1.19 bits per heavy atom. The Morgan fingerprint density at radius 2 is 2.00 bits per heavy atom. The zero-order valence-electron chi connectivity index (χ0n) is 15.4. The lowest BCUT2D eigenvalue weighted by atomic mass is 10.0. The van der Waals surface area contributed by atoms with E-state index in [1.807, 2.05) is 24.3 Å². The standard InChI is InChI=1S/C21H27Cl2N3/c1-14(2)8-9-26-13-16-4-3-5-20(24)21(16)25-12-17(26)10-15-6-7-18(22)19(23)11-15/h3-7,11,14,17,25H,8-10,12-13,24H2,1-2H3. The summed E-state index contributed by atoms with van der Waals surface area (Å²) in [5.41, 5.74) is 10.6. The number of hydrogen-bond donors (Lipinski definition) is 2. The Kier molecular flexibility index (Phi) is 6.33. The Labute approximate surface area is 166 Å². The van der Waals surface area contributed by atoms with E-state index in [0.717, 1.165) is 37.4 Å². The van der Waals surface area contributed by atoms with Gasteiger partial charge in [0.1, 0.15) is 0 Å². The van der Waals surface area contributed by atoms with E-state index in [9.17, 15) is 0 Å². The third-order valence-corrected chi connectivity index (χ3v) is 5.78. The summed E-state index contributed by atoms with van der Waals surface area (Å²) in [4.78, 5) is 2.57. The van der Waals surface area contributed by atoms with Gasteiger partial charge >= 0.3 is 0 Å². The number of nitrogens with zero attached hydrogens (tertiary/aromatic N) is 1. The van der Waals surface area contributed by atoms with Crippen LogP contribution in [0.1, 0.15) is 31.4 Å². The molecule has 0 spiro atoms. The molecule has 0 saturated carbocycles. The number of halogens is 2. The van der Waals surface area contributed by atoms with Gasteiger partial charge < -0.3 is 11.1 Å². The van der Waals surface area contributed by atoms with Crippen LogP contribution >= 0.6 is 23.2 Å². The lowest BCUT2D eigenvalue weighted by Crippen LogP contribution is -2.40. The molecule has 0 aliphatic carbocycles. The van der Waals surface area contributed by atoms with Gasteiger partial charge in [-0.05, 0) is 54.6 Å². The molecule has 3 N–H and O–H groups in total. The Morgan fingerprint density at radius 3 is 2.73 bits per heavy atom. The van der Waals surface area contributed by atoms with Crippen LogP contribution in [-0.2, 0) is 13.0 Å². The molecular weight excluding hydrogens is 365 g/mol. The highest BCUT2D eigenvalue weighted by Gasteiger charge is 2.25. The first kappa shape index (κ1) is 19.3. The fraction of sp³-hybridized carbons (Fsp3) is 0.429. The normalized spacial score (nSPS) is 17.7. The summed E-state index contributed by atoms with van der Waals surface area (Å²) >= 11 is 12.3. The molecule has 2 aromatic carbocycles. The quantitative estimate of drug-likeness (QED) is 0.664. The van der Waals surface area contributed by atoms with Gasteiger partial charge in [-0.15, -0.1) is 0 Å². The van der Waals surface area contributed by atoms with Gasteiger partial charge in [0.25, 0.3) is 0 Å². The predicted octanol–water partition coefficient (Wildman–Crippen LogP) is 5.46. The van der Waals surface area contributed by atoms with Crippen molar-refractivity contribution < 1.29 is 0 Å².